The van der Waals surface area contributed by atoms with E-state index in [0.717, 1.165) is 6.29 Å². The molecule has 1 saturated heterocycles. The molecular formula is C17H22FNO3. The molecule has 0 aliphatic carbocycles. The molecule has 1 aromatic rings. The molecule has 1 aliphatic rings. The quantitative estimate of drug-likeness (QED) is 0.804. The maximum absolute atomic E-state index is 13.3. The van der Waals surface area contributed by atoms with Gasteiger partial charge in [0.2, 0.25) is 0 Å². The van der Waals surface area contributed by atoms with Gasteiger partial charge in [-0.15, -0.1) is 0 Å². The van der Waals surface area contributed by atoms with E-state index in [-0.39, 0.29) is 17.8 Å². The minimum atomic E-state index is -0.540. The van der Waals surface area contributed by atoms with E-state index in [2.05, 4.69) is 0 Å². The fourth-order valence-electron chi connectivity index (χ4n) is 2.75. The highest BCUT2D eigenvalue weighted by atomic mass is 19.1. The standard InChI is InChI=1S/C17H22FNO3/c1-17(2,3)22-16(21)19-8-7-13(10-19)15(11-20)12-5-4-6-14(18)9-12/h4-6,9,11,13,15H,7-8,10H2,1-3H3. The molecule has 0 radical (unpaired) electrons. The van der Waals surface area contributed by atoms with Gasteiger partial charge >= 0.3 is 6.09 Å². The molecule has 120 valence electrons. The number of rotatable bonds is 3. The predicted molar refractivity (Wildman–Crippen MR) is 81.1 cm³/mol. The molecule has 2 atom stereocenters. The molecule has 2 unspecified atom stereocenters. The van der Waals surface area contributed by atoms with Gasteiger partial charge in [0.05, 0.1) is 0 Å². The second kappa shape index (κ2) is 6.46. The molecule has 0 N–H and O–H groups in total. The topological polar surface area (TPSA) is 46.6 Å². The van der Waals surface area contributed by atoms with Gasteiger partial charge in [-0.25, -0.2) is 9.18 Å². The van der Waals surface area contributed by atoms with E-state index in [1.807, 2.05) is 20.8 Å². The Morgan fingerprint density at radius 1 is 1.45 bits per heavy atom. The summed E-state index contributed by atoms with van der Waals surface area (Å²) in [4.78, 5) is 25.1. The molecular weight excluding hydrogens is 285 g/mol. The number of likely N-dealkylation sites (tertiary alicyclic amines) is 1. The molecule has 0 spiro atoms. The summed E-state index contributed by atoms with van der Waals surface area (Å²) in [6, 6.07) is 6.09. The molecule has 5 heteroatoms. The van der Waals surface area contributed by atoms with Crippen LogP contribution in [0, 0.1) is 11.7 Å². The number of carbonyl (C=O) groups excluding carboxylic acids is 2. The first-order chi connectivity index (χ1) is 10.3. The Morgan fingerprint density at radius 3 is 2.77 bits per heavy atom. The van der Waals surface area contributed by atoms with Crippen molar-refractivity contribution in [3.8, 4) is 0 Å². The zero-order chi connectivity index (χ0) is 16.3. The van der Waals surface area contributed by atoms with Crippen molar-refractivity contribution in [2.24, 2.45) is 5.92 Å². The van der Waals surface area contributed by atoms with Gasteiger partial charge in [-0.1, -0.05) is 12.1 Å². The maximum atomic E-state index is 13.3. The van der Waals surface area contributed by atoms with Crippen molar-refractivity contribution in [3.63, 3.8) is 0 Å². The summed E-state index contributed by atoms with van der Waals surface area (Å²) in [6.45, 7) is 6.46. The van der Waals surface area contributed by atoms with Gasteiger partial charge < -0.3 is 14.4 Å². The maximum Gasteiger partial charge on any atom is 0.410 e. The number of benzene rings is 1. The Hall–Kier alpha value is -1.91. The molecule has 4 nitrogen and oxygen atoms in total. The van der Waals surface area contributed by atoms with Crippen molar-refractivity contribution >= 4 is 12.4 Å². The zero-order valence-electron chi connectivity index (χ0n) is 13.2. The van der Waals surface area contributed by atoms with Crippen molar-refractivity contribution < 1.29 is 18.7 Å². The second-order valence-electron chi connectivity index (χ2n) is 6.69. The van der Waals surface area contributed by atoms with Gasteiger partial charge in [-0.2, -0.15) is 0 Å². The number of nitrogens with zero attached hydrogens (tertiary/aromatic N) is 1. The lowest BCUT2D eigenvalue weighted by molar-refractivity contribution is -0.110. The SMILES string of the molecule is CC(C)(C)OC(=O)N1CCC(C(C=O)c2cccc(F)c2)C1. The van der Waals surface area contributed by atoms with Crippen LogP contribution in [0.15, 0.2) is 24.3 Å². The van der Waals surface area contributed by atoms with Crippen LogP contribution in [-0.4, -0.2) is 36.0 Å². The summed E-state index contributed by atoms with van der Waals surface area (Å²) in [7, 11) is 0. The largest absolute Gasteiger partial charge is 0.444 e. The lowest BCUT2D eigenvalue weighted by Crippen LogP contribution is -2.35. The molecule has 22 heavy (non-hydrogen) atoms. The first-order valence-corrected chi connectivity index (χ1v) is 7.49. The van der Waals surface area contributed by atoms with E-state index in [1.165, 1.54) is 12.1 Å². The third-order valence-corrected chi connectivity index (χ3v) is 3.76. The van der Waals surface area contributed by atoms with Crippen LogP contribution >= 0.6 is 0 Å². The van der Waals surface area contributed by atoms with Crippen LogP contribution in [0.3, 0.4) is 0 Å². The van der Waals surface area contributed by atoms with Crippen LogP contribution in [0.1, 0.15) is 38.7 Å². The van der Waals surface area contributed by atoms with Crippen molar-refractivity contribution in [1.82, 2.24) is 4.90 Å². The van der Waals surface area contributed by atoms with Gasteiger partial charge in [-0.3, -0.25) is 0 Å². The van der Waals surface area contributed by atoms with Crippen LogP contribution in [0.25, 0.3) is 0 Å². The highest BCUT2D eigenvalue weighted by molar-refractivity contribution is 5.69. The van der Waals surface area contributed by atoms with Crippen LogP contribution in [0.5, 0.6) is 0 Å². The summed E-state index contributed by atoms with van der Waals surface area (Å²) in [6.07, 6.45) is 1.19. The molecule has 1 fully saturated rings. The Bertz CT molecular complexity index is 553. The number of hydrogen-bond acceptors (Lipinski definition) is 3. The summed E-state index contributed by atoms with van der Waals surface area (Å²) in [5.74, 6) is -0.763. The van der Waals surface area contributed by atoms with Gasteiger partial charge in [0.15, 0.2) is 0 Å². The molecule has 0 bridgehead atoms. The Morgan fingerprint density at radius 2 is 2.18 bits per heavy atom. The van der Waals surface area contributed by atoms with Crippen molar-refractivity contribution in [3.05, 3.63) is 35.6 Å². The second-order valence-corrected chi connectivity index (χ2v) is 6.69. The van der Waals surface area contributed by atoms with E-state index in [4.69, 9.17) is 4.74 Å². The minimum Gasteiger partial charge on any atom is -0.444 e. The highest BCUT2D eigenvalue weighted by Crippen LogP contribution is 2.31. The first-order valence-electron chi connectivity index (χ1n) is 7.49. The number of hydrogen-bond donors (Lipinski definition) is 0. The number of carbonyl (C=O) groups is 2. The smallest absolute Gasteiger partial charge is 0.410 e. The number of aldehydes is 1. The lowest BCUT2D eigenvalue weighted by Gasteiger charge is -2.25. The summed E-state index contributed by atoms with van der Waals surface area (Å²) in [5, 5.41) is 0. The van der Waals surface area contributed by atoms with Crippen LogP contribution < -0.4 is 0 Å². The van der Waals surface area contributed by atoms with Gasteiger partial charge in [0.1, 0.15) is 17.7 Å². The van der Waals surface area contributed by atoms with E-state index in [0.29, 0.717) is 25.1 Å². The van der Waals surface area contributed by atoms with Crippen LogP contribution in [0.4, 0.5) is 9.18 Å². The minimum absolute atomic E-state index is 0.00758. The average Bonchev–Trinajstić information content (AvgIpc) is 2.87. The number of halogens is 1. The third-order valence-electron chi connectivity index (χ3n) is 3.76. The molecule has 1 amide bonds. The van der Waals surface area contributed by atoms with Gasteiger partial charge in [0, 0.05) is 19.0 Å². The van der Waals surface area contributed by atoms with Gasteiger partial charge in [0.25, 0.3) is 0 Å². The molecule has 1 aliphatic heterocycles. The molecule has 0 saturated carbocycles. The van der Waals surface area contributed by atoms with E-state index < -0.39 is 11.5 Å². The Kier molecular flexibility index (Phi) is 4.84. The third kappa shape index (κ3) is 4.06. The highest BCUT2D eigenvalue weighted by Gasteiger charge is 2.34. The van der Waals surface area contributed by atoms with E-state index in [9.17, 15) is 14.0 Å². The Balaban J connectivity index is 2.05. The fraction of sp³-hybridized carbons (Fsp3) is 0.529. The monoisotopic (exact) mass is 307 g/mol. The predicted octanol–water partition coefficient (Wildman–Crippen LogP) is 3.37. The van der Waals surface area contributed by atoms with Crippen molar-refractivity contribution in [2.45, 2.75) is 38.7 Å². The van der Waals surface area contributed by atoms with Crippen molar-refractivity contribution in [2.75, 3.05) is 13.1 Å². The summed E-state index contributed by atoms with van der Waals surface area (Å²) >= 11 is 0. The van der Waals surface area contributed by atoms with Crippen molar-refractivity contribution in [1.29, 1.82) is 0 Å². The first kappa shape index (κ1) is 16.5. The zero-order valence-corrected chi connectivity index (χ0v) is 13.2. The molecule has 2 rings (SSSR count). The normalized spacial score (nSPS) is 19.8. The molecule has 0 aromatic heterocycles. The van der Waals surface area contributed by atoms with E-state index in [1.54, 1.807) is 17.0 Å². The number of amides is 1. The van der Waals surface area contributed by atoms with Crippen LogP contribution in [0.2, 0.25) is 0 Å². The fourth-order valence-corrected chi connectivity index (χ4v) is 2.75. The van der Waals surface area contributed by atoms with E-state index >= 15 is 0 Å². The Labute approximate surface area is 130 Å². The summed E-state index contributed by atoms with van der Waals surface area (Å²) < 4.78 is 18.7. The van der Waals surface area contributed by atoms with Gasteiger partial charge in [-0.05, 0) is 50.8 Å². The summed E-state index contributed by atoms with van der Waals surface area (Å²) in [5.41, 5.74) is 0.118. The molecule has 1 aromatic carbocycles. The lowest BCUT2D eigenvalue weighted by atomic mass is 9.86. The molecule has 1 heterocycles. The average molecular weight is 307 g/mol. The van der Waals surface area contributed by atoms with Crippen LogP contribution in [-0.2, 0) is 9.53 Å². The number of ether oxygens (including phenoxy) is 1.